The fourth-order valence-electron chi connectivity index (χ4n) is 3.25. The second kappa shape index (κ2) is 6.50. The topological polar surface area (TPSA) is 55.1 Å². The van der Waals surface area contributed by atoms with Gasteiger partial charge in [-0.3, -0.25) is 4.79 Å². The van der Waals surface area contributed by atoms with Crippen molar-refractivity contribution in [3.63, 3.8) is 0 Å². The lowest BCUT2D eigenvalue weighted by molar-refractivity contribution is 0.100. The molecule has 3 N–H and O–H groups in total. The quantitative estimate of drug-likeness (QED) is 0.878. The number of hydrogen-bond donors (Lipinski definition) is 2. The van der Waals surface area contributed by atoms with Gasteiger partial charge in [-0.25, -0.2) is 0 Å². The van der Waals surface area contributed by atoms with E-state index in [1.54, 1.807) is 12.1 Å². The first kappa shape index (κ1) is 15.9. The molecule has 3 heteroatoms. The van der Waals surface area contributed by atoms with E-state index in [0.29, 0.717) is 11.0 Å². The van der Waals surface area contributed by atoms with E-state index >= 15 is 0 Å². The maximum Gasteiger partial charge on any atom is 0.248 e. The van der Waals surface area contributed by atoms with Crippen molar-refractivity contribution in [1.82, 2.24) is 0 Å². The first-order valence-electron chi connectivity index (χ1n) is 8.00. The lowest BCUT2D eigenvalue weighted by Gasteiger charge is -2.37. The molecule has 0 atom stereocenters. The summed E-state index contributed by atoms with van der Waals surface area (Å²) in [6.07, 6.45) is 5.32. The van der Waals surface area contributed by atoms with Crippen molar-refractivity contribution in [2.24, 2.45) is 23.0 Å². The van der Waals surface area contributed by atoms with E-state index in [1.807, 2.05) is 12.1 Å². The van der Waals surface area contributed by atoms with Crippen LogP contribution in [0.25, 0.3) is 0 Å². The van der Waals surface area contributed by atoms with Crippen LogP contribution in [0.15, 0.2) is 24.3 Å². The third-order valence-electron chi connectivity index (χ3n) is 4.84. The molecule has 116 valence electrons. The first-order valence-corrected chi connectivity index (χ1v) is 8.00. The largest absolute Gasteiger partial charge is 0.385 e. The fourth-order valence-corrected chi connectivity index (χ4v) is 3.25. The molecule has 1 aromatic carbocycles. The average molecular weight is 288 g/mol. The van der Waals surface area contributed by atoms with Crippen LogP contribution in [0.5, 0.6) is 0 Å². The standard InChI is InChI=1S/C18H28N2O/c1-18(2,3)15-8-4-13(5-9-15)12-20-16-10-6-14(7-11-16)17(19)21/h6-7,10-11,13,15,20H,4-5,8-9,12H2,1-3H3,(H2,19,21). The van der Waals surface area contributed by atoms with Crippen molar-refractivity contribution in [2.45, 2.75) is 46.5 Å². The lowest BCUT2D eigenvalue weighted by Crippen LogP contribution is -2.28. The molecule has 1 saturated carbocycles. The molecule has 3 nitrogen and oxygen atoms in total. The van der Waals surface area contributed by atoms with E-state index in [0.717, 1.165) is 24.1 Å². The first-order chi connectivity index (χ1) is 9.86. The lowest BCUT2D eigenvalue weighted by atomic mass is 9.70. The second-order valence-corrected chi connectivity index (χ2v) is 7.41. The maximum atomic E-state index is 11.0. The van der Waals surface area contributed by atoms with Crippen molar-refractivity contribution in [3.8, 4) is 0 Å². The summed E-state index contributed by atoms with van der Waals surface area (Å²) in [5.41, 5.74) is 7.32. The van der Waals surface area contributed by atoms with Crippen LogP contribution >= 0.6 is 0 Å². The highest BCUT2D eigenvalue weighted by Crippen LogP contribution is 2.39. The maximum absolute atomic E-state index is 11.0. The average Bonchev–Trinajstić information content (AvgIpc) is 2.45. The van der Waals surface area contributed by atoms with Crippen molar-refractivity contribution >= 4 is 11.6 Å². The number of rotatable bonds is 4. The number of carbonyl (C=O) groups is 1. The van der Waals surface area contributed by atoms with Gasteiger partial charge in [0.25, 0.3) is 0 Å². The van der Waals surface area contributed by atoms with Gasteiger partial charge in [-0.2, -0.15) is 0 Å². The minimum atomic E-state index is -0.373. The van der Waals surface area contributed by atoms with Crippen LogP contribution in [0, 0.1) is 17.3 Å². The molecule has 1 aliphatic carbocycles. The molecular formula is C18H28N2O. The van der Waals surface area contributed by atoms with E-state index in [1.165, 1.54) is 25.7 Å². The summed E-state index contributed by atoms with van der Waals surface area (Å²) >= 11 is 0. The van der Waals surface area contributed by atoms with Gasteiger partial charge < -0.3 is 11.1 Å². The Balaban J connectivity index is 1.78. The summed E-state index contributed by atoms with van der Waals surface area (Å²) in [5, 5.41) is 3.48. The van der Waals surface area contributed by atoms with Crippen LogP contribution in [0.4, 0.5) is 5.69 Å². The summed E-state index contributed by atoms with van der Waals surface area (Å²) in [4.78, 5) is 11.0. The predicted octanol–water partition coefficient (Wildman–Crippen LogP) is 4.05. The minimum Gasteiger partial charge on any atom is -0.385 e. The number of nitrogens with two attached hydrogens (primary N) is 1. The molecular weight excluding hydrogens is 260 g/mol. The normalized spacial score (nSPS) is 22.8. The number of primary amides is 1. The highest BCUT2D eigenvalue weighted by Gasteiger charge is 2.29. The molecule has 21 heavy (non-hydrogen) atoms. The van der Waals surface area contributed by atoms with E-state index in [9.17, 15) is 4.79 Å². The molecule has 0 unspecified atom stereocenters. The smallest absolute Gasteiger partial charge is 0.248 e. The summed E-state index contributed by atoms with van der Waals surface area (Å²) in [6.45, 7) is 8.09. The number of benzene rings is 1. The molecule has 0 heterocycles. The minimum absolute atomic E-state index is 0.373. The SMILES string of the molecule is CC(C)(C)C1CCC(CNc2ccc(C(N)=O)cc2)CC1. The Bertz CT molecular complexity index is 465. The van der Waals surface area contributed by atoms with Crippen LogP contribution in [0.3, 0.4) is 0 Å². The van der Waals surface area contributed by atoms with Crippen molar-refractivity contribution in [1.29, 1.82) is 0 Å². The zero-order valence-electron chi connectivity index (χ0n) is 13.5. The molecule has 0 aliphatic heterocycles. The summed E-state index contributed by atoms with van der Waals surface area (Å²) < 4.78 is 0. The Morgan fingerprint density at radius 1 is 1.14 bits per heavy atom. The Morgan fingerprint density at radius 3 is 2.19 bits per heavy atom. The molecule has 0 aromatic heterocycles. The number of carbonyl (C=O) groups excluding carboxylic acids is 1. The molecule has 0 bridgehead atoms. The van der Waals surface area contributed by atoms with Crippen LogP contribution in [-0.2, 0) is 0 Å². The molecule has 0 radical (unpaired) electrons. The van der Waals surface area contributed by atoms with E-state index in [2.05, 4.69) is 26.1 Å². The second-order valence-electron chi connectivity index (χ2n) is 7.41. The molecule has 1 aromatic rings. The summed E-state index contributed by atoms with van der Waals surface area (Å²) in [5.74, 6) is 1.25. The number of anilines is 1. The number of nitrogens with one attached hydrogen (secondary N) is 1. The predicted molar refractivity (Wildman–Crippen MR) is 88.4 cm³/mol. The molecule has 1 aliphatic rings. The summed E-state index contributed by atoms with van der Waals surface area (Å²) in [6, 6.07) is 7.42. The Labute approximate surface area is 128 Å². The van der Waals surface area contributed by atoms with E-state index in [4.69, 9.17) is 5.73 Å². The van der Waals surface area contributed by atoms with E-state index < -0.39 is 0 Å². The summed E-state index contributed by atoms with van der Waals surface area (Å²) in [7, 11) is 0. The van der Waals surface area contributed by atoms with Gasteiger partial charge in [0.05, 0.1) is 0 Å². The van der Waals surface area contributed by atoms with Gasteiger partial charge in [-0.05, 0) is 67.2 Å². The highest BCUT2D eigenvalue weighted by atomic mass is 16.1. The monoisotopic (exact) mass is 288 g/mol. The third-order valence-corrected chi connectivity index (χ3v) is 4.84. The molecule has 2 rings (SSSR count). The van der Waals surface area contributed by atoms with Gasteiger partial charge in [0.2, 0.25) is 5.91 Å². The highest BCUT2D eigenvalue weighted by molar-refractivity contribution is 5.93. The molecule has 1 amide bonds. The van der Waals surface area contributed by atoms with Crippen LogP contribution in [0.1, 0.15) is 56.8 Å². The molecule has 0 saturated heterocycles. The van der Waals surface area contributed by atoms with Gasteiger partial charge in [0.15, 0.2) is 0 Å². The van der Waals surface area contributed by atoms with Gasteiger partial charge in [0, 0.05) is 17.8 Å². The number of amides is 1. The van der Waals surface area contributed by atoms with Crippen molar-refractivity contribution < 1.29 is 4.79 Å². The molecule has 1 fully saturated rings. The molecule has 0 spiro atoms. The Kier molecular flexibility index (Phi) is 4.92. The van der Waals surface area contributed by atoms with Gasteiger partial charge in [-0.1, -0.05) is 20.8 Å². The van der Waals surface area contributed by atoms with Gasteiger partial charge in [-0.15, -0.1) is 0 Å². The Hall–Kier alpha value is -1.51. The third kappa shape index (κ3) is 4.48. The zero-order valence-corrected chi connectivity index (χ0v) is 13.5. The van der Waals surface area contributed by atoms with Crippen LogP contribution < -0.4 is 11.1 Å². The fraction of sp³-hybridized carbons (Fsp3) is 0.611. The van der Waals surface area contributed by atoms with Gasteiger partial charge >= 0.3 is 0 Å². The van der Waals surface area contributed by atoms with Crippen LogP contribution in [0.2, 0.25) is 0 Å². The van der Waals surface area contributed by atoms with Gasteiger partial charge in [0.1, 0.15) is 0 Å². The number of hydrogen-bond acceptors (Lipinski definition) is 2. The Morgan fingerprint density at radius 2 is 1.71 bits per heavy atom. The van der Waals surface area contributed by atoms with Crippen LogP contribution in [-0.4, -0.2) is 12.5 Å². The zero-order chi connectivity index (χ0) is 15.5. The van der Waals surface area contributed by atoms with E-state index in [-0.39, 0.29) is 5.91 Å². The van der Waals surface area contributed by atoms with Crippen molar-refractivity contribution in [3.05, 3.63) is 29.8 Å². The van der Waals surface area contributed by atoms with Crippen molar-refractivity contribution in [2.75, 3.05) is 11.9 Å².